The number of fused-ring (bicyclic) bond motifs is 2. The summed E-state index contributed by atoms with van der Waals surface area (Å²) in [5.74, 6) is -0.883. The Morgan fingerprint density at radius 3 is 2.30 bits per heavy atom. The molecular formula is C44H70N2O8. The summed E-state index contributed by atoms with van der Waals surface area (Å²) in [5, 5.41) is 34.9. The van der Waals surface area contributed by atoms with Gasteiger partial charge in [0.25, 0.3) is 0 Å². The predicted molar refractivity (Wildman–Crippen MR) is 214 cm³/mol. The average molecular weight is 755 g/mol. The molecule has 10 heteroatoms. The largest absolute Gasteiger partial charge is 0.508 e. The van der Waals surface area contributed by atoms with Crippen LogP contribution in [0.2, 0.25) is 0 Å². The molecule has 2 aliphatic carbocycles. The lowest BCUT2D eigenvalue weighted by Crippen LogP contribution is -2.70. The predicted octanol–water partition coefficient (Wildman–Crippen LogP) is 9.43. The van der Waals surface area contributed by atoms with Gasteiger partial charge in [-0.2, -0.15) is 0 Å². The Kier molecular flexibility index (Phi) is 18.7. The molecule has 54 heavy (non-hydrogen) atoms. The second-order valence-corrected chi connectivity index (χ2v) is 15.5. The quantitative estimate of drug-likeness (QED) is 0.0485. The number of phenols is 1. The summed E-state index contributed by atoms with van der Waals surface area (Å²) in [4.78, 5) is 21.5. The van der Waals surface area contributed by atoms with Gasteiger partial charge in [0.15, 0.2) is 0 Å². The summed E-state index contributed by atoms with van der Waals surface area (Å²) < 4.78 is 20.1. The molecule has 304 valence electrons. The number of nitrogens with zero attached hydrogens (tertiary/aromatic N) is 2. The minimum atomic E-state index is -1.32. The zero-order valence-electron chi connectivity index (χ0n) is 33.5. The van der Waals surface area contributed by atoms with Crippen molar-refractivity contribution in [2.45, 2.75) is 147 Å². The maximum atomic E-state index is 14.2. The molecule has 1 heterocycles. The van der Waals surface area contributed by atoms with Crippen molar-refractivity contribution in [3.63, 3.8) is 0 Å². The van der Waals surface area contributed by atoms with Crippen LogP contribution in [0.25, 0.3) is 0 Å². The van der Waals surface area contributed by atoms with Gasteiger partial charge in [0.2, 0.25) is 5.79 Å². The van der Waals surface area contributed by atoms with Crippen LogP contribution in [0.3, 0.4) is 0 Å². The van der Waals surface area contributed by atoms with E-state index in [2.05, 4.69) is 31.7 Å². The third-order valence-electron chi connectivity index (χ3n) is 11.7. The Morgan fingerprint density at radius 1 is 0.963 bits per heavy atom. The van der Waals surface area contributed by atoms with E-state index >= 15 is 0 Å². The maximum Gasteiger partial charge on any atom is 0.410 e. The van der Waals surface area contributed by atoms with Gasteiger partial charge in [0.1, 0.15) is 24.7 Å². The van der Waals surface area contributed by atoms with Crippen LogP contribution in [0.15, 0.2) is 47.7 Å². The lowest BCUT2D eigenvalue weighted by Gasteiger charge is -2.59. The number of carbonyl (C=O) groups excluding carboxylic acids is 1. The van der Waals surface area contributed by atoms with Gasteiger partial charge in [-0.1, -0.05) is 102 Å². The van der Waals surface area contributed by atoms with Crippen molar-refractivity contribution < 1.29 is 39.2 Å². The summed E-state index contributed by atoms with van der Waals surface area (Å²) in [5.41, 5.74) is 2.61. The number of aliphatic hydroxyl groups is 2. The van der Waals surface area contributed by atoms with Crippen LogP contribution in [-0.4, -0.2) is 83.9 Å². The summed E-state index contributed by atoms with van der Waals surface area (Å²) in [6.45, 7) is 9.51. The van der Waals surface area contributed by atoms with Gasteiger partial charge in [0.05, 0.1) is 24.8 Å². The molecule has 1 aromatic rings. The Morgan fingerprint density at radius 2 is 1.65 bits per heavy atom. The number of allylic oxidation sites excluding steroid dienone is 1. The highest BCUT2D eigenvalue weighted by atomic mass is 16.7. The third kappa shape index (κ3) is 11.0. The SMILES string of the molecule is C=CCO[C@@]12Oc3ccc(O)cc3[C@H]3[C@H](CCCCO)[C@@H](CCCCO)C=C(C(=NOC)C[C@@H]1N(CCC)C(=O)OCCCCCCCCCCCC)[C@H]32. The fourth-order valence-corrected chi connectivity index (χ4v) is 9.22. The topological polar surface area (TPSA) is 130 Å². The number of aliphatic hydroxyl groups excluding tert-OH is 2. The molecule has 1 fully saturated rings. The number of rotatable bonds is 26. The Hall–Kier alpha value is -3.08. The lowest BCUT2D eigenvalue weighted by molar-refractivity contribution is -0.255. The van der Waals surface area contributed by atoms with Gasteiger partial charge in [-0.05, 0) is 74.1 Å². The Bertz CT molecular complexity index is 1350. The second-order valence-electron chi connectivity index (χ2n) is 15.5. The maximum absolute atomic E-state index is 14.2. The molecule has 0 radical (unpaired) electrons. The lowest BCUT2D eigenvalue weighted by atomic mass is 9.55. The van der Waals surface area contributed by atoms with Crippen LogP contribution < -0.4 is 4.74 Å². The smallest absolute Gasteiger partial charge is 0.410 e. The van der Waals surface area contributed by atoms with Crippen molar-refractivity contribution in [1.82, 2.24) is 4.90 Å². The highest BCUT2D eigenvalue weighted by Crippen LogP contribution is 2.61. The van der Waals surface area contributed by atoms with E-state index in [4.69, 9.17) is 19.0 Å². The van der Waals surface area contributed by atoms with Gasteiger partial charge < -0.3 is 34.4 Å². The number of carbonyl (C=O) groups is 1. The minimum Gasteiger partial charge on any atom is -0.508 e. The molecule has 3 N–H and O–H groups in total. The molecule has 4 rings (SSSR count). The molecule has 1 aliphatic heterocycles. The van der Waals surface area contributed by atoms with Crippen LogP contribution in [0.1, 0.15) is 141 Å². The molecule has 0 aromatic heterocycles. The first-order valence-electron chi connectivity index (χ1n) is 21.1. The summed E-state index contributed by atoms with van der Waals surface area (Å²) >= 11 is 0. The second kappa shape index (κ2) is 23.1. The van der Waals surface area contributed by atoms with Crippen molar-refractivity contribution in [3.8, 4) is 11.5 Å². The fourth-order valence-electron chi connectivity index (χ4n) is 9.22. The van der Waals surface area contributed by atoms with Crippen LogP contribution in [0.4, 0.5) is 4.79 Å². The molecule has 3 aliphatic rings. The standard InChI is InChI=1S/C44H70N2O8/c1-5-8-9-10-11-12-13-14-15-20-29-52-43(50)46(25-6-2)40-32-38(45-51-4)36-30-33(21-16-18-26-47)35(22-17-19-27-48)41-37-31-34(49)23-24-39(37)54-44(40,42(36)41)53-28-7-3/h7,23-24,30-31,33,35,40-42,47-49H,3,5-6,8-22,25-29,32H2,1-2,4H3/t33-,35+,40-,41+,42+,44+/m0/s1. The van der Waals surface area contributed by atoms with Crippen molar-refractivity contribution in [3.05, 3.63) is 48.1 Å². The molecule has 6 atom stereocenters. The first-order valence-corrected chi connectivity index (χ1v) is 21.1. The van der Waals surface area contributed by atoms with Crippen molar-refractivity contribution in [2.75, 3.05) is 40.1 Å². The van der Waals surface area contributed by atoms with Gasteiger partial charge in [-0.25, -0.2) is 4.79 Å². The van der Waals surface area contributed by atoms with Crippen molar-refractivity contribution >= 4 is 11.8 Å². The van der Waals surface area contributed by atoms with E-state index in [-0.39, 0.29) is 43.3 Å². The van der Waals surface area contributed by atoms with Gasteiger partial charge >= 0.3 is 6.09 Å². The van der Waals surface area contributed by atoms with Crippen LogP contribution in [0.5, 0.6) is 11.5 Å². The first kappa shape index (κ1) is 43.6. The monoisotopic (exact) mass is 755 g/mol. The van der Waals surface area contributed by atoms with Crippen LogP contribution >= 0.6 is 0 Å². The van der Waals surface area contributed by atoms with Gasteiger partial charge in [0, 0.05) is 37.7 Å². The molecule has 1 amide bonds. The van der Waals surface area contributed by atoms with E-state index in [1.54, 1.807) is 24.2 Å². The first-order chi connectivity index (χ1) is 26.4. The number of hydrogen-bond acceptors (Lipinski definition) is 9. The van der Waals surface area contributed by atoms with Crippen LogP contribution in [-0.2, 0) is 14.3 Å². The third-order valence-corrected chi connectivity index (χ3v) is 11.7. The summed E-state index contributed by atoms with van der Waals surface area (Å²) in [6, 6.07) is 4.65. The normalized spacial score (nSPS) is 24.9. The van der Waals surface area contributed by atoms with E-state index in [1.165, 1.54) is 44.9 Å². The number of hydrogen-bond donors (Lipinski definition) is 3. The van der Waals surface area contributed by atoms with Crippen LogP contribution in [0, 0.1) is 17.8 Å². The number of unbranched alkanes of at least 4 members (excludes halogenated alkanes) is 11. The minimum absolute atomic E-state index is 0.102. The summed E-state index contributed by atoms with van der Waals surface area (Å²) in [7, 11) is 1.55. The number of benzene rings is 1. The van der Waals surface area contributed by atoms with E-state index < -0.39 is 23.8 Å². The number of ether oxygens (including phenoxy) is 3. The van der Waals surface area contributed by atoms with E-state index in [9.17, 15) is 20.1 Å². The number of oxime groups is 1. The van der Waals surface area contributed by atoms with Gasteiger partial charge in [-0.3, -0.25) is 4.90 Å². The number of phenolic OH excluding ortho intramolecular Hbond substituents is 1. The molecule has 0 bridgehead atoms. The zero-order chi connectivity index (χ0) is 38.8. The summed E-state index contributed by atoms with van der Waals surface area (Å²) in [6.07, 6.45) is 21.5. The molecular weight excluding hydrogens is 684 g/mol. The van der Waals surface area contributed by atoms with Gasteiger partial charge in [-0.15, -0.1) is 6.58 Å². The number of aromatic hydroxyl groups is 1. The molecule has 10 nitrogen and oxygen atoms in total. The highest BCUT2D eigenvalue weighted by Gasteiger charge is 2.65. The van der Waals surface area contributed by atoms with Crippen molar-refractivity contribution in [1.29, 1.82) is 0 Å². The molecule has 0 unspecified atom stereocenters. The van der Waals surface area contributed by atoms with E-state index in [0.29, 0.717) is 44.6 Å². The number of amides is 1. The van der Waals surface area contributed by atoms with E-state index in [0.717, 1.165) is 61.8 Å². The fraction of sp³-hybridized carbons (Fsp3) is 0.727. The average Bonchev–Trinajstić information content (AvgIpc) is 3.17. The Labute approximate surface area is 325 Å². The molecule has 1 aromatic carbocycles. The van der Waals surface area contributed by atoms with Crippen molar-refractivity contribution in [2.24, 2.45) is 22.9 Å². The molecule has 0 spiro atoms. The zero-order valence-corrected chi connectivity index (χ0v) is 33.5. The van der Waals surface area contributed by atoms with E-state index in [1.807, 2.05) is 12.1 Å². The molecule has 1 saturated carbocycles. The Balaban J connectivity index is 1.70. The molecule has 0 saturated heterocycles. The highest BCUT2D eigenvalue weighted by molar-refractivity contribution is 6.02.